The van der Waals surface area contributed by atoms with Gasteiger partial charge in [-0.15, -0.1) is 12.4 Å². The van der Waals surface area contributed by atoms with E-state index < -0.39 is 5.60 Å². The van der Waals surface area contributed by atoms with E-state index in [0.29, 0.717) is 6.42 Å². The Morgan fingerprint density at radius 1 is 1.10 bits per heavy atom. The summed E-state index contributed by atoms with van der Waals surface area (Å²) in [4.78, 5) is 2.03. The predicted octanol–water partition coefficient (Wildman–Crippen LogP) is 3.51. The lowest BCUT2D eigenvalue weighted by atomic mass is 9.83. The first-order valence-corrected chi connectivity index (χ1v) is 7.00. The number of aromatic hydroxyl groups is 1. The first kappa shape index (κ1) is 17.8. The molecule has 0 saturated heterocycles. The lowest BCUT2D eigenvalue weighted by molar-refractivity contribution is -0.0347. The van der Waals surface area contributed by atoms with Gasteiger partial charge >= 0.3 is 0 Å². The normalized spacial score (nSPS) is 15.5. The van der Waals surface area contributed by atoms with Gasteiger partial charge in [0.25, 0.3) is 0 Å². The van der Waals surface area contributed by atoms with Crippen LogP contribution < -0.4 is 0 Å². The predicted molar refractivity (Wildman–Crippen MR) is 90.2 cm³/mol. The summed E-state index contributed by atoms with van der Waals surface area (Å²) in [5.41, 5.74) is 0.0367. The van der Waals surface area contributed by atoms with Gasteiger partial charge in [0.05, 0.1) is 0 Å². The van der Waals surface area contributed by atoms with Crippen LogP contribution in [0.15, 0.2) is 36.4 Å². The molecule has 21 heavy (non-hydrogen) atoms. The number of fused-ring (bicyclic) bond motifs is 1. The van der Waals surface area contributed by atoms with Crippen molar-refractivity contribution in [2.45, 2.75) is 31.9 Å². The molecule has 0 spiro atoms. The van der Waals surface area contributed by atoms with E-state index in [4.69, 9.17) is 0 Å². The smallest absolute Gasteiger partial charge is 0.116 e. The van der Waals surface area contributed by atoms with Crippen molar-refractivity contribution in [1.82, 2.24) is 4.90 Å². The van der Waals surface area contributed by atoms with E-state index in [1.165, 1.54) is 0 Å². The maximum Gasteiger partial charge on any atom is 0.116 e. The number of rotatable bonds is 4. The minimum atomic E-state index is -0.879. The zero-order chi connectivity index (χ0) is 14.9. The molecular weight excluding hydrogens is 286 g/mol. The highest BCUT2D eigenvalue weighted by atomic mass is 35.5. The van der Waals surface area contributed by atoms with Gasteiger partial charge < -0.3 is 15.1 Å². The number of phenolic OH excluding ortho intramolecular Hbond substituents is 1. The van der Waals surface area contributed by atoms with Gasteiger partial charge in [0.1, 0.15) is 11.4 Å². The molecule has 0 saturated carbocycles. The molecule has 2 rings (SSSR count). The molecular formula is C17H24ClNO2. The highest BCUT2D eigenvalue weighted by Gasteiger charge is 2.35. The Kier molecular flexibility index (Phi) is 5.62. The van der Waals surface area contributed by atoms with E-state index in [1.54, 1.807) is 12.1 Å². The quantitative estimate of drug-likeness (QED) is 0.908. The second-order valence-corrected chi connectivity index (χ2v) is 5.66. The third kappa shape index (κ3) is 3.31. The summed E-state index contributed by atoms with van der Waals surface area (Å²) in [5.74, 6) is 0.262. The molecule has 2 atom stereocenters. The van der Waals surface area contributed by atoms with Gasteiger partial charge in [-0.25, -0.2) is 0 Å². The Hall–Kier alpha value is -1.29. The first-order valence-electron chi connectivity index (χ1n) is 7.00. The lowest BCUT2D eigenvalue weighted by Crippen LogP contribution is -2.45. The van der Waals surface area contributed by atoms with Crippen molar-refractivity contribution in [3.63, 3.8) is 0 Å². The van der Waals surface area contributed by atoms with Crippen molar-refractivity contribution in [2.75, 3.05) is 14.1 Å². The van der Waals surface area contributed by atoms with Crippen molar-refractivity contribution < 1.29 is 10.2 Å². The van der Waals surface area contributed by atoms with Crippen LogP contribution in [0.3, 0.4) is 0 Å². The number of nitrogens with zero attached hydrogens (tertiary/aromatic N) is 1. The van der Waals surface area contributed by atoms with Crippen LogP contribution in [0, 0.1) is 0 Å². The molecule has 2 N–H and O–H groups in total. The number of hydrogen-bond donors (Lipinski definition) is 2. The van der Waals surface area contributed by atoms with E-state index in [2.05, 4.69) is 0 Å². The summed E-state index contributed by atoms with van der Waals surface area (Å²) >= 11 is 0. The van der Waals surface area contributed by atoms with E-state index in [9.17, 15) is 10.2 Å². The Labute approximate surface area is 132 Å². The van der Waals surface area contributed by atoms with Crippen molar-refractivity contribution >= 4 is 23.2 Å². The highest BCUT2D eigenvalue weighted by Crippen LogP contribution is 2.33. The fourth-order valence-electron chi connectivity index (χ4n) is 2.67. The van der Waals surface area contributed by atoms with Crippen LogP contribution in [0.1, 0.15) is 25.8 Å². The largest absolute Gasteiger partial charge is 0.508 e. The number of hydrogen-bond acceptors (Lipinski definition) is 3. The summed E-state index contributed by atoms with van der Waals surface area (Å²) in [7, 11) is 3.95. The molecule has 0 aliphatic carbocycles. The van der Waals surface area contributed by atoms with E-state index in [-0.39, 0.29) is 24.2 Å². The molecule has 4 heteroatoms. The van der Waals surface area contributed by atoms with Gasteiger partial charge in [-0.3, -0.25) is 0 Å². The van der Waals surface area contributed by atoms with E-state index >= 15 is 0 Å². The van der Waals surface area contributed by atoms with Crippen LogP contribution in [0.25, 0.3) is 10.8 Å². The maximum absolute atomic E-state index is 11.1. The molecule has 0 unspecified atom stereocenters. The molecule has 0 bridgehead atoms. The topological polar surface area (TPSA) is 43.7 Å². The molecule has 0 aliphatic heterocycles. The molecule has 0 amide bonds. The number of benzene rings is 2. The Balaban J connectivity index is 0.00000220. The maximum atomic E-state index is 11.1. The summed E-state index contributed by atoms with van der Waals surface area (Å²) in [6, 6.07) is 11.2. The van der Waals surface area contributed by atoms with Crippen molar-refractivity contribution in [3.05, 3.63) is 42.0 Å². The molecule has 0 aromatic heterocycles. The number of likely N-dealkylation sites (N-methyl/N-ethyl adjacent to an activating group) is 1. The van der Waals surface area contributed by atoms with Gasteiger partial charge in [0, 0.05) is 6.04 Å². The summed E-state index contributed by atoms with van der Waals surface area (Å²) < 4.78 is 0. The Morgan fingerprint density at radius 3 is 2.24 bits per heavy atom. The fourth-order valence-corrected chi connectivity index (χ4v) is 2.67. The first-order chi connectivity index (χ1) is 9.38. The number of aliphatic hydroxyl groups is 1. The van der Waals surface area contributed by atoms with E-state index in [0.717, 1.165) is 16.3 Å². The van der Waals surface area contributed by atoms with Crippen LogP contribution >= 0.6 is 12.4 Å². The molecule has 0 fully saturated rings. The summed E-state index contributed by atoms with van der Waals surface area (Å²) in [6.07, 6.45) is 0.649. The zero-order valence-electron chi connectivity index (χ0n) is 13.0. The van der Waals surface area contributed by atoms with Gasteiger partial charge in [0.15, 0.2) is 0 Å². The van der Waals surface area contributed by atoms with Crippen LogP contribution in [0.5, 0.6) is 5.75 Å². The summed E-state index contributed by atoms with van der Waals surface area (Å²) in [5, 5.41) is 22.6. The Bertz CT molecular complexity index is 615. The highest BCUT2D eigenvalue weighted by molar-refractivity contribution is 5.85. The fraction of sp³-hybridized carbons (Fsp3) is 0.412. The monoisotopic (exact) mass is 309 g/mol. The van der Waals surface area contributed by atoms with E-state index in [1.807, 2.05) is 57.1 Å². The molecule has 2 aromatic rings. The third-order valence-corrected chi connectivity index (χ3v) is 4.33. The van der Waals surface area contributed by atoms with Gasteiger partial charge in [-0.05, 0) is 62.0 Å². The molecule has 116 valence electrons. The zero-order valence-corrected chi connectivity index (χ0v) is 13.8. The number of halogens is 1. The summed E-state index contributed by atoms with van der Waals surface area (Å²) in [6.45, 7) is 4.03. The lowest BCUT2D eigenvalue weighted by Gasteiger charge is -2.38. The second kappa shape index (κ2) is 6.65. The molecule has 0 radical (unpaired) electrons. The SMILES string of the molecule is CC[C@@](O)(c1ccc2cc(O)ccc2c1)[C@H](C)N(C)C.Cl. The molecule has 2 aromatic carbocycles. The average Bonchev–Trinajstić information content (AvgIpc) is 2.44. The average molecular weight is 310 g/mol. The van der Waals surface area contributed by atoms with Crippen LogP contribution in [0.2, 0.25) is 0 Å². The molecule has 0 aliphatic rings. The van der Waals surface area contributed by atoms with Crippen LogP contribution in [-0.4, -0.2) is 35.3 Å². The van der Waals surface area contributed by atoms with Crippen molar-refractivity contribution in [1.29, 1.82) is 0 Å². The molecule has 0 heterocycles. The number of phenols is 1. The van der Waals surface area contributed by atoms with Gasteiger partial charge in [0.2, 0.25) is 0 Å². The van der Waals surface area contributed by atoms with Crippen molar-refractivity contribution in [2.24, 2.45) is 0 Å². The van der Waals surface area contributed by atoms with Crippen LogP contribution in [0.4, 0.5) is 0 Å². The molecule has 3 nitrogen and oxygen atoms in total. The standard InChI is InChI=1S/C17H23NO2.ClH/c1-5-17(20,12(2)18(3)4)15-8-6-14-11-16(19)9-7-13(14)10-15;/h6-12,19-20H,5H2,1-4H3;1H/t12-,17-;/m0./s1. The van der Waals surface area contributed by atoms with Gasteiger partial charge in [-0.1, -0.05) is 25.1 Å². The van der Waals surface area contributed by atoms with Crippen molar-refractivity contribution in [3.8, 4) is 5.75 Å². The van der Waals surface area contributed by atoms with Crippen LogP contribution in [-0.2, 0) is 5.60 Å². The van der Waals surface area contributed by atoms with Gasteiger partial charge in [-0.2, -0.15) is 0 Å². The third-order valence-electron chi connectivity index (χ3n) is 4.33. The second-order valence-electron chi connectivity index (χ2n) is 5.66. The minimum absolute atomic E-state index is 0. The Morgan fingerprint density at radius 2 is 1.67 bits per heavy atom. The minimum Gasteiger partial charge on any atom is -0.508 e.